The third-order valence-electron chi connectivity index (χ3n) is 2.86. The Morgan fingerprint density at radius 1 is 1.32 bits per heavy atom. The number of hydrogen-bond donors (Lipinski definition) is 0. The molecule has 6 heteroatoms. The molecule has 1 rings (SSSR count). The maximum absolute atomic E-state index is 11.1. The predicted molar refractivity (Wildman–Crippen MR) is 80.5 cm³/mol. The van der Waals surface area contributed by atoms with Crippen LogP contribution in [0.2, 0.25) is 0 Å². The molecular formula is C13H24O4S2. The van der Waals surface area contributed by atoms with E-state index in [0.29, 0.717) is 4.58 Å². The molecular weight excluding hydrogens is 284 g/mol. The summed E-state index contributed by atoms with van der Waals surface area (Å²) in [5, 5.41) is 0. The van der Waals surface area contributed by atoms with Crippen LogP contribution in [0.25, 0.3) is 0 Å². The molecule has 0 aromatic carbocycles. The van der Waals surface area contributed by atoms with Crippen molar-refractivity contribution in [1.82, 2.24) is 0 Å². The Morgan fingerprint density at radius 3 is 2.42 bits per heavy atom. The third kappa shape index (κ3) is 5.53. The summed E-state index contributed by atoms with van der Waals surface area (Å²) < 4.78 is 17.0. The van der Waals surface area contributed by atoms with Gasteiger partial charge in [0.15, 0.2) is 12.4 Å². The monoisotopic (exact) mass is 308 g/mol. The molecule has 112 valence electrons. The van der Waals surface area contributed by atoms with E-state index in [0.717, 1.165) is 24.3 Å². The van der Waals surface area contributed by atoms with Gasteiger partial charge in [-0.15, -0.1) is 23.5 Å². The number of carbonyl (C=O) groups excluding carboxylic acids is 1. The minimum atomic E-state index is -0.444. The zero-order chi connectivity index (χ0) is 14.3. The Morgan fingerprint density at radius 2 is 1.95 bits per heavy atom. The van der Waals surface area contributed by atoms with E-state index >= 15 is 0 Å². The molecule has 0 aliphatic carbocycles. The highest BCUT2D eigenvalue weighted by molar-refractivity contribution is 8.17. The molecule has 1 aliphatic rings. The SMILES string of the molecule is CCSC(SCC)[C@@H]1CC[C@@H](OC(C)=O)[C@@H](OC)O1. The molecule has 1 aliphatic heterocycles. The van der Waals surface area contributed by atoms with Gasteiger partial charge in [0, 0.05) is 14.0 Å². The largest absolute Gasteiger partial charge is 0.457 e. The molecule has 0 aromatic rings. The van der Waals surface area contributed by atoms with Crippen LogP contribution in [0.3, 0.4) is 0 Å². The molecule has 0 unspecified atom stereocenters. The van der Waals surface area contributed by atoms with Gasteiger partial charge in [0.2, 0.25) is 0 Å². The number of rotatable bonds is 7. The summed E-state index contributed by atoms with van der Waals surface area (Å²) in [4.78, 5) is 11.1. The number of carbonyl (C=O) groups is 1. The van der Waals surface area contributed by atoms with Gasteiger partial charge >= 0.3 is 5.97 Å². The van der Waals surface area contributed by atoms with Gasteiger partial charge in [-0.1, -0.05) is 13.8 Å². The number of ether oxygens (including phenoxy) is 3. The summed E-state index contributed by atoms with van der Waals surface area (Å²) in [6, 6.07) is 0. The topological polar surface area (TPSA) is 44.8 Å². The van der Waals surface area contributed by atoms with Gasteiger partial charge in [-0.3, -0.25) is 4.79 Å². The van der Waals surface area contributed by atoms with Crippen molar-refractivity contribution >= 4 is 29.5 Å². The lowest BCUT2D eigenvalue weighted by molar-refractivity contribution is -0.234. The summed E-state index contributed by atoms with van der Waals surface area (Å²) in [5.41, 5.74) is 0. The van der Waals surface area contributed by atoms with Crippen LogP contribution in [-0.2, 0) is 19.0 Å². The first-order valence-corrected chi connectivity index (χ1v) is 8.80. The van der Waals surface area contributed by atoms with E-state index in [4.69, 9.17) is 14.2 Å². The van der Waals surface area contributed by atoms with Crippen molar-refractivity contribution in [2.24, 2.45) is 0 Å². The highest BCUT2D eigenvalue weighted by atomic mass is 32.2. The average Bonchev–Trinajstić information content (AvgIpc) is 2.38. The predicted octanol–water partition coefficient (Wildman–Crippen LogP) is 2.90. The molecule has 4 nitrogen and oxygen atoms in total. The Bertz CT molecular complexity index is 269. The van der Waals surface area contributed by atoms with E-state index in [-0.39, 0.29) is 18.2 Å². The van der Waals surface area contributed by atoms with Crippen LogP contribution in [0, 0.1) is 0 Å². The van der Waals surface area contributed by atoms with Gasteiger partial charge in [-0.25, -0.2) is 0 Å². The van der Waals surface area contributed by atoms with Crippen molar-refractivity contribution in [3.63, 3.8) is 0 Å². The molecule has 1 saturated heterocycles. The van der Waals surface area contributed by atoms with Crippen LogP contribution in [0.15, 0.2) is 0 Å². The van der Waals surface area contributed by atoms with Crippen LogP contribution >= 0.6 is 23.5 Å². The fourth-order valence-electron chi connectivity index (χ4n) is 2.12. The van der Waals surface area contributed by atoms with E-state index in [1.165, 1.54) is 6.92 Å². The molecule has 0 saturated carbocycles. The smallest absolute Gasteiger partial charge is 0.303 e. The first-order valence-electron chi connectivity index (χ1n) is 6.71. The van der Waals surface area contributed by atoms with Gasteiger partial charge < -0.3 is 14.2 Å². The van der Waals surface area contributed by atoms with E-state index in [1.807, 2.05) is 23.5 Å². The van der Waals surface area contributed by atoms with Gasteiger partial charge in [0.25, 0.3) is 0 Å². The van der Waals surface area contributed by atoms with Gasteiger partial charge in [-0.2, -0.15) is 0 Å². The van der Waals surface area contributed by atoms with Crippen molar-refractivity contribution in [2.75, 3.05) is 18.6 Å². The summed E-state index contributed by atoms with van der Waals surface area (Å²) in [7, 11) is 1.60. The Labute approximate surface area is 124 Å². The number of esters is 1. The van der Waals surface area contributed by atoms with Crippen LogP contribution in [-0.4, -0.2) is 47.7 Å². The van der Waals surface area contributed by atoms with E-state index in [1.54, 1.807) is 7.11 Å². The second kappa shape index (κ2) is 9.10. The second-order valence-electron chi connectivity index (χ2n) is 4.28. The highest BCUT2D eigenvalue weighted by Gasteiger charge is 2.37. The van der Waals surface area contributed by atoms with Crippen LogP contribution in [0.1, 0.15) is 33.6 Å². The summed E-state index contributed by atoms with van der Waals surface area (Å²) >= 11 is 3.82. The molecule has 3 atom stereocenters. The minimum absolute atomic E-state index is 0.159. The highest BCUT2D eigenvalue weighted by Crippen LogP contribution is 2.35. The van der Waals surface area contributed by atoms with Crippen LogP contribution in [0.4, 0.5) is 0 Å². The van der Waals surface area contributed by atoms with Gasteiger partial charge in [-0.05, 0) is 24.3 Å². The van der Waals surface area contributed by atoms with Gasteiger partial charge in [0.1, 0.15) is 0 Å². The van der Waals surface area contributed by atoms with Gasteiger partial charge in [0.05, 0.1) is 10.7 Å². The van der Waals surface area contributed by atoms with Crippen LogP contribution < -0.4 is 0 Å². The van der Waals surface area contributed by atoms with Crippen molar-refractivity contribution in [3.8, 4) is 0 Å². The number of methoxy groups -OCH3 is 1. The average molecular weight is 308 g/mol. The molecule has 19 heavy (non-hydrogen) atoms. The lowest BCUT2D eigenvalue weighted by Crippen LogP contribution is -2.45. The maximum atomic E-state index is 11.1. The summed E-state index contributed by atoms with van der Waals surface area (Å²) in [6.07, 6.45) is 1.14. The Hall–Kier alpha value is 0.0900. The molecule has 1 heterocycles. The van der Waals surface area contributed by atoms with Crippen molar-refractivity contribution in [2.45, 2.75) is 56.7 Å². The van der Waals surface area contributed by atoms with Crippen molar-refractivity contribution in [3.05, 3.63) is 0 Å². The van der Waals surface area contributed by atoms with Crippen LogP contribution in [0.5, 0.6) is 0 Å². The molecule has 0 bridgehead atoms. The molecule has 0 amide bonds. The van der Waals surface area contributed by atoms with Crippen molar-refractivity contribution < 1.29 is 19.0 Å². The third-order valence-corrected chi connectivity index (χ3v) is 5.61. The van der Waals surface area contributed by atoms with Crippen molar-refractivity contribution in [1.29, 1.82) is 0 Å². The fraction of sp³-hybridized carbons (Fsp3) is 0.923. The standard InChI is InChI=1S/C13H24O4S2/c1-5-18-13(19-6-2)11-8-7-10(16-9(3)14)12(15-4)17-11/h10-13H,5-8H2,1-4H3/t10-,11+,12+/m1/s1. The number of thioether (sulfide) groups is 2. The Kier molecular flexibility index (Phi) is 8.21. The van der Waals surface area contributed by atoms with E-state index in [2.05, 4.69) is 13.8 Å². The normalized spacial score (nSPS) is 27.5. The Balaban J connectivity index is 2.58. The second-order valence-corrected chi connectivity index (χ2v) is 7.42. The summed E-state index contributed by atoms with van der Waals surface area (Å²) in [5.74, 6) is 1.86. The van der Waals surface area contributed by atoms with E-state index < -0.39 is 6.29 Å². The quantitative estimate of drug-likeness (QED) is 0.532. The molecule has 0 N–H and O–H groups in total. The summed E-state index contributed by atoms with van der Waals surface area (Å²) in [6.45, 7) is 5.74. The lowest BCUT2D eigenvalue weighted by atomic mass is 10.1. The number of hydrogen-bond acceptors (Lipinski definition) is 6. The molecule has 0 spiro atoms. The minimum Gasteiger partial charge on any atom is -0.457 e. The first kappa shape index (κ1) is 17.1. The molecule has 0 aromatic heterocycles. The zero-order valence-corrected chi connectivity index (χ0v) is 13.7. The zero-order valence-electron chi connectivity index (χ0n) is 12.1. The molecule has 0 radical (unpaired) electrons. The first-order chi connectivity index (χ1) is 9.12. The lowest BCUT2D eigenvalue weighted by Gasteiger charge is -2.37. The fourth-order valence-corrected chi connectivity index (χ4v) is 4.81. The van der Waals surface area contributed by atoms with E-state index in [9.17, 15) is 4.79 Å². The maximum Gasteiger partial charge on any atom is 0.303 e. The molecule has 1 fully saturated rings.